The van der Waals surface area contributed by atoms with Crippen LogP contribution >= 0.6 is 15.9 Å². The van der Waals surface area contributed by atoms with E-state index < -0.39 is 0 Å². The molecule has 0 atom stereocenters. The maximum Gasteiger partial charge on any atom is 0.229 e. The lowest BCUT2D eigenvalue weighted by Crippen LogP contribution is -2.36. The van der Waals surface area contributed by atoms with Crippen molar-refractivity contribution in [2.75, 3.05) is 26.5 Å². The van der Waals surface area contributed by atoms with E-state index in [9.17, 15) is 0 Å². The molecule has 23 heavy (non-hydrogen) atoms. The third kappa shape index (κ3) is 3.55. The molecule has 3 rings (SSSR count). The number of anilines is 1. The summed E-state index contributed by atoms with van der Waals surface area (Å²) in [6, 6.07) is 1.13. The summed E-state index contributed by atoms with van der Waals surface area (Å²) in [5.74, 6) is 1.20. The Kier molecular flexibility index (Phi) is 4.96. The second-order valence-electron chi connectivity index (χ2n) is 6.19. The summed E-state index contributed by atoms with van der Waals surface area (Å²) >= 11 is 3.51. The van der Waals surface area contributed by atoms with Gasteiger partial charge in [0.15, 0.2) is 0 Å². The van der Waals surface area contributed by atoms with Crippen LogP contribution in [0.4, 0.5) is 5.95 Å². The van der Waals surface area contributed by atoms with Gasteiger partial charge in [-0.25, -0.2) is 15.0 Å². The summed E-state index contributed by atoms with van der Waals surface area (Å²) in [5, 5.41) is 4.36. The highest BCUT2D eigenvalue weighted by Gasteiger charge is 2.23. The molecule has 1 aliphatic rings. The van der Waals surface area contributed by atoms with Crippen molar-refractivity contribution in [1.29, 1.82) is 0 Å². The SMILES string of the molecule is COc1ncc2cnc(NC3CCC(N(C)C)CC3)nc2c1Br. The van der Waals surface area contributed by atoms with Crippen molar-refractivity contribution in [1.82, 2.24) is 19.9 Å². The zero-order valence-corrected chi connectivity index (χ0v) is 15.3. The highest BCUT2D eigenvalue weighted by molar-refractivity contribution is 9.10. The van der Waals surface area contributed by atoms with Gasteiger partial charge in [0.05, 0.1) is 12.6 Å². The average molecular weight is 380 g/mol. The van der Waals surface area contributed by atoms with Gasteiger partial charge in [-0.15, -0.1) is 0 Å². The Morgan fingerprint density at radius 1 is 1.17 bits per heavy atom. The van der Waals surface area contributed by atoms with Crippen molar-refractivity contribution in [2.45, 2.75) is 37.8 Å². The summed E-state index contributed by atoms with van der Waals surface area (Å²) < 4.78 is 6.00. The van der Waals surface area contributed by atoms with Gasteiger partial charge in [-0.2, -0.15) is 0 Å². The third-order valence-corrected chi connectivity index (χ3v) is 5.20. The summed E-state index contributed by atoms with van der Waals surface area (Å²) in [7, 11) is 5.91. The van der Waals surface area contributed by atoms with Crippen molar-refractivity contribution >= 4 is 32.8 Å². The first kappa shape index (κ1) is 16.4. The molecule has 7 heteroatoms. The number of hydrogen-bond acceptors (Lipinski definition) is 6. The molecule has 0 unspecified atom stereocenters. The van der Waals surface area contributed by atoms with E-state index in [-0.39, 0.29) is 0 Å². The molecule has 0 aromatic carbocycles. The Hall–Kier alpha value is -1.47. The number of ether oxygens (including phenoxy) is 1. The van der Waals surface area contributed by atoms with Crippen LogP contribution in [0, 0.1) is 0 Å². The van der Waals surface area contributed by atoms with E-state index in [4.69, 9.17) is 4.74 Å². The second-order valence-corrected chi connectivity index (χ2v) is 6.99. The van der Waals surface area contributed by atoms with Crippen molar-refractivity contribution in [3.8, 4) is 5.88 Å². The quantitative estimate of drug-likeness (QED) is 0.880. The Morgan fingerprint density at radius 3 is 2.52 bits per heavy atom. The maximum atomic E-state index is 5.23. The first-order chi connectivity index (χ1) is 11.1. The van der Waals surface area contributed by atoms with Crippen LogP contribution in [0.1, 0.15) is 25.7 Å². The number of rotatable bonds is 4. The molecule has 1 aliphatic carbocycles. The maximum absolute atomic E-state index is 5.23. The van der Waals surface area contributed by atoms with Gasteiger partial charge in [-0.05, 0) is 55.7 Å². The van der Waals surface area contributed by atoms with Gasteiger partial charge in [0, 0.05) is 29.9 Å². The molecule has 6 nitrogen and oxygen atoms in total. The number of pyridine rings is 1. The van der Waals surface area contributed by atoms with Gasteiger partial charge in [0.25, 0.3) is 0 Å². The monoisotopic (exact) mass is 379 g/mol. The minimum Gasteiger partial charge on any atom is -0.480 e. The van der Waals surface area contributed by atoms with Crippen LogP contribution in [0.2, 0.25) is 0 Å². The Morgan fingerprint density at radius 2 is 1.87 bits per heavy atom. The predicted octanol–water partition coefficient (Wildman–Crippen LogP) is 3.08. The molecule has 1 saturated carbocycles. The summed E-state index contributed by atoms with van der Waals surface area (Å²) in [5.41, 5.74) is 0.816. The number of methoxy groups -OCH3 is 1. The molecule has 2 aromatic rings. The van der Waals surface area contributed by atoms with Crippen LogP contribution in [0.25, 0.3) is 10.9 Å². The molecule has 0 radical (unpaired) electrons. The number of fused-ring (bicyclic) bond motifs is 1. The molecule has 1 N–H and O–H groups in total. The van der Waals surface area contributed by atoms with Crippen LogP contribution in [-0.4, -0.2) is 53.1 Å². The van der Waals surface area contributed by atoms with Crippen LogP contribution in [-0.2, 0) is 0 Å². The van der Waals surface area contributed by atoms with E-state index in [1.165, 1.54) is 12.8 Å². The van der Waals surface area contributed by atoms with Crippen LogP contribution in [0.15, 0.2) is 16.9 Å². The average Bonchev–Trinajstić information content (AvgIpc) is 2.56. The highest BCUT2D eigenvalue weighted by Crippen LogP contribution is 2.30. The highest BCUT2D eigenvalue weighted by atomic mass is 79.9. The molecular weight excluding hydrogens is 358 g/mol. The standard InChI is InChI=1S/C16H22BrN5O/c1-22(2)12-6-4-11(5-7-12)20-16-19-9-10-8-18-15(23-3)13(17)14(10)21-16/h8-9,11-12H,4-7H2,1-3H3,(H,19,20,21). The first-order valence-electron chi connectivity index (χ1n) is 7.86. The summed E-state index contributed by atoms with van der Waals surface area (Å²) in [6.45, 7) is 0. The lowest BCUT2D eigenvalue weighted by atomic mass is 9.91. The Bertz CT molecular complexity index is 685. The van der Waals surface area contributed by atoms with Crippen molar-refractivity contribution in [3.05, 3.63) is 16.9 Å². The minimum absolute atomic E-state index is 0.436. The van der Waals surface area contributed by atoms with Crippen LogP contribution in [0.5, 0.6) is 5.88 Å². The zero-order valence-electron chi connectivity index (χ0n) is 13.7. The largest absolute Gasteiger partial charge is 0.480 e. The van der Waals surface area contributed by atoms with Gasteiger partial charge in [0.1, 0.15) is 4.47 Å². The Balaban J connectivity index is 1.75. The number of nitrogens with zero attached hydrogens (tertiary/aromatic N) is 4. The Labute approximate surface area is 144 Å². The van der Waals surface area contributed by atoms with Crippen molar-refractivity contribution in [3.63, 3.8) is 0 Å². The molecule has 1 fully saturated rings. The lowest BCUT2D eigenvalue weighted by Gasteiger charge is -2.32. The number of nitrogens with one attached hydrogen (secondary N) is 1. The summed E-state index contributed by atoms with van der Waals surface area (Å²) in [6.07, 6.45) is 8.23. The van der Waals surface area contributed by atoms with Crippen LogP contribution in [0.3, 0.4) is 0 Å². The predicted molar refractivity (Wildman–Crippen MR) is 94.9 cm³/mol. The van der Waals surface area contributed by atoms with Crippen molar-refractivity contribution in [2.24, 2.45) is 0 Å². The lowest BCUT2D eigenvalue weighted by molar-refractivity contribution is 0.221. The fourth-order valence-corrected chi connectivity index (χ4v) is 3.66. The summed E-state index contributed by atoms with van der Waals surface area (Å²) in [4.78, 5) is 15.6. The molecule has 2 heterocycles. The van der Waals surface area contributed by atoms with E-state index in [1.54, 1.807) is 19.5 Å². The van der Waals surface area contributed by atoms with E-state index in [1.807, 2.05) is 0 Å². The van der Waals surface area contributed by atoms with E-state index in [0.717, 1.165) is 28.2 Å². The number of halogens is 1. The third-order valence-electron chi connectivity index (χ3n) is 4.49. The van der Waals surface area contributed by atoms with E-state index >= 15 is 0 Å². The van der Waals surface area contributed by atoms with E-state index in [2.05, 4.69) is 55.2 Å². The molecule has 124 valence electrons. The molecule has 0 amide bonds. The zero-order chi connectivity index (χ0) is 16.4. The van der Waals surface area contributed by atoms with Gasteiger partial charge >= 0.3 is 0 Å². The van der Waals surface area contributed by atoms with Crippen molar-refractivity contribution < 1.29 is 4.74 Å². The number of hydrogen-bond donors (Lipinski definition) is 1. The molecule has 0 aliphatic heterocycles. The van der Waals surface area contributed by atoms with Crippen LogP contribution < -0.4 is 10.1 Å². The molecule has 2 aromatic heterocycles. The molecule has 0 spiro atoms. The normalized spacial score (nSPS) is 21.6. The van der Waals surface area contributed by atoms with E-state index in [0.29, 0.717) is 23.9 Å². The topological polar surface area (TPSA) is 63.2 Å². The minimum atomic E-state index is 0.436. The van der Waals surface area contributed by atoms with Gasteiger partial charge < -0.3 is 15.0 Å². The molecule has 0 saturated heterocycles. The molecule has 0 bridgehead atoms. The smallest absolute Gasteiger partial charge is 0.229 e. The first-order valence-corrected chi connectivity index (χ1v) is 8.66. The van der Waals surface area contributed by atoms with Gasteiger partial charge in [0.2, 0.25) is 11.8 Å². The fraction of sp³-hybridized carbons (Fsp3) is 0.562. The second kappa shape index (κ2) is 6.97. The molecular formula is C16H22BrN5O. The number of aromatic nitrogens is 3. The fourth-order valence-electron chi connectivity index (χ4n) is 3.08. The van der Waals surface area contributed by atoms with Gasteiger partial charge in [-0.1, -0.05) is 0 Å². The van der Waals surface area contributed by atoms with Gasteiger partial charge in [-0.3, -0.25) is 0 Å².